The van der Waals surface area contributed by atoms with Crippen LogP contribution in [-0.2, 0) is 45.2 Å². The van der Waals surface area contributed by atoms with Crippen molar-refractivity contribution in [2.45, 2.75) is 116 Å². The van der Waals surface area contributed by atoms with Crippen molar-refractivity contribution in [3.05, 3.63) is 71.1 Å². The first kappa shape index (κ1) is 42.8. The van der Waals surface area contributed by atoms with Crippen LogP contribution in [0.3, 0.4) is 0 Å². The first-order chi connectivity index (χ1) is 29.4. The quantitative estimate of drug-likeness (QED) is 0.188. The van der Waals surface area contributed by atoms with Crippen LogP contribution in [0.4, 0.5) is 0 Å². The summed E-state index contributed by atoms with van der Waals surface area (Å²) in [6, 6.07) is 13.4. The van der Waals surface area contributed by atoms with Crippen molar-refractivity contribution in [1.82, 2.24) is 9.80 Å². The zero-order chi connectivity index (χ0) is 43.0. The molecular formula is C50H62N4O7. The maximum Gasteiger partial charge on any atom is 0.306 e. The predicted octanol–water partition coefficient (Wildman–Crippen LogP) is 7.98. The van der Waals surface area contributed by atoms with E-state index in [1.165, 1.54) is 47.6 Å². The third-order valence-corrected chi connectivity index (χ3v) is 14.5. The van der Waals surface area contributed by atoms with Gasteiger partial charge in [-0.1, -0.05) is 64.1 Å². The molecule has 11 nitrogen and oxygen atoms in total. The molecule has 6 aliphatic rings. The van der Waals surface area contributed by atoms with E-state index < -0.39 is 11.8 Å². The van der Waals surface area contributed by atoms with E-state index in [2.05, 4.69) is 36.4 Å². The van der Waals surface area contributed by atoms with Gasteiger partial charge in [0.15, 0.2) is 0 Å². The molecule has 0 N–H and O–H groups in total. The summed E-state index contributed by atoms with van der Waals surface area (Å²) in [6.07, 6.45) is 12.2. The standard InChI is InChI=1S/C50H62N4O7/c1-30(2)39(25-45(55)59-5)48(57)53-20-7-9-43(53)41-23-34(27-51-41)32-11-13-33(14-12-32)37-16-15-36(38-17-18-50(47(37)38)19-22-61-29-50)35-24-42(52-28-35)44-10-8-21-54(44)49(58)40(31(3)4)26-46(56)60-6/h11-16,27-28,30-31,39-40,43-44H,7-10,17-26,29H2,1-6H3/t39-,40-,43-,44-,50?/m0/s1. The van der Waals surface area contributed by atoms with Crippen molar-refractivity contribution in [3.8, 4) is 11.1 Å². The number of likely N-dealkylation sites (tertiary alicyclic amines) is 2. The highest BCUT2D eigenvalue weighted by Gasteiger charge is 2.46. The number of ether oxygens (including phenoxy) is 3. The van der Waals surface area contributed by atoms with Gasteiger partial charge in [0.05, 0.1) is 57.6 Å². The van der Waals surface area contributed by atoms with Gasteiger partial charge in [-0.05, 0) is 101 Å². The smallest absolute Gasteiger partial charge is 0.306 e. The summed E-state index contributed by atoms with van der Waals surface area (Å²) in [5.41, 5.74) is 12.0. The molecule has 1 aliphatic carbocycles. The van der Waals surface area contributed by atoms with Gasteiger partial charge in [0, 0.05) is 61.8 Å². The number of aliphatic imine (C=N–C) groups is 2. The summed E-state index contributed by atoms with van der Waals surface area (Å²) in [6.45, 7) is 10.8. The zero-order valence-electron chi connectivity index (χ0n) is 36.8. The number of hydrogen-bond acceptors (Lipinski definition) is 9. The number of carbonyl (C=O) groups excluding carboxylic acids is 4. The molecule has 5 aliphatic heterocycles. The molecule has 1 unspecified atom stereocenters. The maximum atomic E-state index is 13.9. The highest BCUT2D eigenvalue weighted by Crippen LogP contribution is 2.51. The number of carbonyl (C=O) groups is 4. The molecule has 2 aromatic carbocycles. The number of fused-ring (bicyclic) bond motifs is 2. The van der Waals surface area contributed by atoms with Gasteiger partial charge in [-0.2, -0.15) is 0 Å². The number of methoxy groups -OCH3 is 2. The van der Waals surface area contributed by atoms with Crippen molar-refractivity contribution in [1.29, 1.82) is 0 Å². The van der Waals surface area contributed by atoms with E-state index >= 15 is 0 Å². The summed E-state index contributed by atoms with van der Waals surface area (Å²) >= 11 is 0. The molecule has 2 amide bonds. The fourth-order valence-corrected chi connectivity index (χ4v) is 11.0. The normalized spacial score (nSPS) is 24.3. The lowest BCUT2D eigenvalue weighted by atomic mass is 9.76. The summed E-state index contributed by atoms with van der Waals surface area (Å²) in [4.78, 5) is 65.9. The molecule has 0 radical (unpaired) electrons. The Kier molecular flexibility index (Phi) is 12.5. The summed E-state index contributed by atoms with van der Waals surface area (Å²) in [5, 5.41) is 0. The molecule has 8 rings (SSSR count). The van der Waals surface area contributed by atoms with Crippen LogP contribution in [0.1, 0.15) is 114 Å². The van der Waals surface area contributed by atoms with Crippen molar-refractivity contribution in [3.63, 3.8) is 0 Å². The van der Waals surface area contributed by atoms with Gasteiger partial charge in [-0.25, -0.2) is 0 Å². The maximum absolute atomic E-state index is 13.9. The van der Waals surface area contributed by atoms with Crippen LogP contribution in [0.5, 0.6) is 0 Å². The minimum Gasteiger partial charge on any atom is -0.469 e. The lowest BCUT2D eigenvalue weighted by molar-refractivity contribution is -0.148. The van der Waals surface area contributed by atoms with Crippen LogP contribution in [-0.4, -0.2) is 97.6 Å². The van der Waals surface area contributed by atoms with E-state index in [1.54, 1.807) is 0 Å². The van der Waals surface area contributed by atoms with Crippen LogP contribution in [0.2, 0.25) is 0 Å². The van der Waals surface area contributed by atoms with Gasteiger partial charge >= 0.3 is 11.9 Å². The van der Waals surface area contributed by atoms with E-state index in [0.717, 1.165) is 80.7 Å². The van der Waals surface area contributed by atoms with Crippen molar-refractivity contribution in [2.24, 2.45) is 33.7 Å². The first-order valence-electron chi connectivity index (χ1n) is 22.5. The van der Waals surface area contributed by atoms with E-state index in [4.69, 9.17) is 24.2 Å². The SMILES string of the molecule is COC(=O)C[C@H](C(=O)N1CCC[C@H]1C1=NC=C(c2ccc(-c3ccc(C4=CN=C([C@@H]5CCCN5C(=O)[C@@H](CC(=O)OC)C(C)C)C4)c4c3C3(CCOC3)CC4)cc2)C1)C(C)C. The van der Waals surface area contributed by atoms with Gasteiger partial charge in [0.2, 0.25) is 11.8 Å². The van der Waals surface area contributed by atoms with Crippen LogP contribution in [0.15, 0.2) is 58.8 Å². The zero-order valence-corrected chi connectivity index (χ0v) is 36.8. The molecule has 0 saturated carbocycles. The van der Waals surface area contributed by atoms with Gasteiger partial charge in [0.25, 0.3) is 0 Å². The number of amides is 2. The van der Waals surface area contributed by atoms with Crippen LogP contribution in [0, 0.1) is 23.7 Å². The highest BCUT2D eigenvalue weighted by atomic mass is 16.5. The Morgan fingerprint density at radius 3 is 1.77 bits per heavy atom. The molecule has 2 aromatic rings. The van der Waals surface area contributed by atoms with E-state index in [9.17, 15) is 19.2 Å². The Labute approximate surface area is 360 Å². The van der Waals surface area contributed by atoms with E-state index in [0.29, 0.717) is 25.9 Å². The third kappa shape index (κ3) is 8.27. The van der Waals surface area contributed by atoms with Crippen LogP contribution in [0.25, 0.3) is 22.3 Å². The number of esters is 2. The third-order valence-electron chi connectivity index (χ3n) is 14.5. The molecule has 11 heteroatoms. The fraction of sp³-hybridized carbons (Fsp3) is 0.560. The van der Waals surface area contributed by atoms with Gasteiger partial charge < -0.3 is 24.0 Å². The van der Waals surface area contributed by atoms with Crippen molar-refractivity contribution in [2.75, 3.05) is 40.5 Å². The second-order valence-electron chi connectivity index (χ2n) is 18.7. The van der Waals surface area contributed by atoms with Crippen LogP contribution >= 0.6 is 0 Å². The van der Waals surface area contributed by atoms with E-state index in [-0.39, 0.29) is 65.9 Å². The second-order valence-corrected chi connectivity index (χ2v) is 18.7. The molecule has 5 atom stereocenters. The average Bonchev–Trinajstić information content (AvgIpc) is 4.13. The lowest BCUT2D eigenvalue weighted by Gasteiger charge is -2.30. The molecule has 61 heavy (non-hydrogen) atoms. The number of allylic oxidation sites excluding steroid dienone is 2. The summed E-state index contributed by atoms with van der Waals surface area (Å²) in [5.74, 6) is -1.44. The lowest BCUT2D eigenvalue weighted by Crippen LogP contribution is -2.45. The number of hydrogen-bond donors (Lipinski definition) is 0. The molecule has 5 heterocycles. The number of rotatable bonds is 13. The van der Waals surface area contributed by atoms with E-state index in [1.807, 2.05) is 49.9 Å². The van der Waals surface area contributed by atoms with Gasteiger partial charge in [-0.15, -0.1) is 0 Å². The first-order valence-corrected chi connectivity index (χ1v) is 22.5. The average molecular weight is 831 g/mol. The van der Waals surface area contributed by atoms with Crippen molar-refractivity contribution < 1.29 is 33.4 Å². The Bertz CT molecular complexity index is 2180. The Morgan fingerprint density at radius 2 is 1.25 bits per heavy atom. The summed E-state index contributed by atoms with van der Waals surface area (Å²) in [7, 11) is 2.75. The predicted molar refractivity (Wildman–Crippen MR) is 237 cm³/mol. The minimum absolute atomic E-state index is 0.0187. The Hall–Kier alpha value is -4.90. The molecule has 0 bridgehead atoms. The highest BCUT2D eigenvalue weighted by molar-refractivity contribution is 6.05. The largest absolute Gasteiger partial charge is 0.469 e. The topological polar surface area (TPSA) is 127 Å². The molecular weight excluding hydrogens is 769 g/mol. The molecule has 0 aromatic heterocycles. The minimum atomic E-state index is -0.415. The monoisotopic (exact) mass is 830 g/mol. The van der Waals surface area contributed by atoms with Crippen molar-refractivity contribution >= 4 is 46.3 Å². The molecule has 324 valence electrons. The number of nitrogens with zero attached hydrogens (tertiary/aromatic N) is 4. The number of benzene rings is 2. The fourth-order valence-electron chi connectivity index (χ4n) is 11.0. The van der Waals surface area contributed by atoms with Gasteiger partial charge in [0.1, 0.15) is 0 Å². The molecule has 1 spiro atoms. The Balaban J connectivity index is 0.980. The second kappa shape index (κ2) is 17.8. The Morgan fingerprint density at radius 1 is 0.721 bits per heavy atom. The van der Waals surface area contributed by atoms with Gasteiger partial charge in [-0.3, -0.25) is 29.2 Å². The summed E-state index contributed by atoms with van der Waals surface area (Å²) < 4.78 is 16.0. The molecule has 3 fully saturated rings. The van der Waals surface area contributed by atoms with Crippen LogP contribution < -0.4 is 0 Å². The molecule has 3 saturated heterocycles.